The highest BCUT2D eigenvalue weighted by molar-refractivity contribution is 7.71. The highest BCUT2D eigenvalue weighted by atomic mass is 32.1. The number of rotatable bonds is 2. The summed E-state index contributed by atoms with van der Waals surface area (Å²) in [6, 6.07) is 5.76. The van der Waals surface area contributed by atoms with Gasteiger partial charge in [-0.2, -0.15) is 5.21 Å². The minimum Gasteiger partial charge on any atom is -0.454 e. The number of aromatic amines is 1. The Kier molecular flexibility index (Phi) is 2.10. The highest BCUT2D eigenvalue weighted by Gasteiger charge is 2.13. The van der Waals surface area contributed by atoms with Gasteiger partial charge in [0, 0.05) is 0 Å². The molecule has 0 radical (unpaired) electrons. The van der Waals surface area contributed by atoms with Crippen LogP contribution in [0.3, 0.4) is 0 Å². The van der Waals surface area contributed by atoms with Crippen molar-refractivity contribution in [1.29, 1.82) is 0 Å². The topological polar surface area (TPSA) is 65.0 Å². The molecule has 7 heteroatoms. The van der Waals surface area contributed by atoms with E-state index >= 15 is 0 Å². The van der Waals surface area contributed by atoms with E-state index in [4.69, 9.17) is 21.7 Å². The van der Waals surface area contributed by atoms with E-state index < -0.39 is 0 Å². The second-order valence-corrected chi connectivity index (χ2v) is 3.72. The third-order valence-electron chi connectivity index (χ3n) is 2.31. The number of benzene rings is 1. The second kappa shape index (κ2) is 3.60. The van der Waals surface area contributed by atoms with Crippen LogP contribution in [0.5, 0.6) is 11.5 Å². The lowest BCUT2D eigenvalue weighted by atomic mass is 10.2. The van der Waals surface area contributed by atoms with Gasteiger partial charge in [-0.1, -0.05) is 16.4 Å². The van der Waals surface area contributed by atoms with Crippen molar-refractivity contribution in [3.63, 3.8) is 0 Å². The van der Waals surface area contributed by atoms with Crippen molar-refractivity contribution in [2.24, 2.45) is 0 Å². The van der Waals surface area contributed by atoms with Crippen molar-refractivity contribution < 1.29 is 9.47 Å². The summed E-state index contributed by atoms with van der Waals surface area (Å²) in [5, 5.41) is 10.0. The monoisotopic (exact) mass is 236 g/mol. The molecule has 1 aliphatic heterocycles. The fourth-order valence-corrected chi connectivity index (χ4v) is 1.69. The predicted octanol–water partition coefficient (Wildman–Crippen LogP) is 1.11. The lowest BCUT2D eigenvalue weighted by Gasteiger charge is -2.02. The van der Waals surface area contributed by atoms with E-state index in [1.807, 2.05) is 18.2 Å². The van der Waals surface area contributed by atoms with Gasteiger partial charge in [0.15, 0.2) is 11.5 Å². The molecule has 0 atom stereocenters. The minimum atomic E-state index is 0.282. The van der Waals surface area contributed by atoms with Gasteiger partial charge in [0.25, 0.3) is 0 Å². The van der Waals surface area contributed by atoms with Crippen LogP contribution in [0.4, 0.5) is 0 Å². The third kappa shape index (κ3) is 1.54. The third-order valence-corrected chi connectivity index (χ3v) is 2.61. The standard InChI is InChI=1S/C9H8N4O2S/c16-9-10-11-12-13(9)4-6-1-2-7-8(3-6)15-5-14-7/h1-3H,4-5H2,(H,10,12,16). The number of H-pyrrole nitrogens is 1. The first-order valence-corrected chi connectivity index (χ1v) is 5.10. The van der Waals surface area contributed by atoms with Gasteiger partial charge in [-0.05, 0) is 29.9 Å². The summed E-state index contributed by atoms with van der Waals surface area (Å²) in [6.45, 7) is 0.867. The lowest BCUT2D eigenvalue weighted by Crippen LogP contribution is -2.01. The maximum absolute atomic E-state index is 5.29. The van der Waals surface area contributed by atoms with Crippen LogP contribution in [0, 0.1) is 4.77 Å². The Labute approximate surface area is 95.8 Å². The zero-order valence-corrected chi connectivity index (χ0v) is 9.03. The molecule has 2 heterocycles. The molecule has 0 saturated heterocycles. The molecule has 0 saturated carbocycles. The second-order valence-electron chi connectivity index (χ2n) is 3.36. The van der Waals surface area contributed by atoms with Gasteiger partial charge in [-0.25, -0.2) is 4.68 Å². The molecule has 0 aliphatic carbocycles. The van der Waals surface area contributed by atoms with Crippen molar-refractivity contribution in [3.05, 3.63) is 28.5 Å². The van der Waals surface area contributed by atoms with Gasteiger partial charge in [0.05, 0.1) is 6.54 Å². The van der Waals surface area contributed by atoms with Gasteiger partial charge in [-0.15, -0.1) is 0 Å². The Balaban J connectivity index is 1.91. The summed E-state index contributed by atoms with van der Waals surface area (Å²) in [4.78, 5) is 0. The fourth-order valence-electron chi connectivity index (χ4n) is 1.54. The number of ether oxygens (including phenoxy) is 2. The van der Waals surface area contributed by atoms with Crippen LogP contribution >= 0.6 is 12.2 Å². The first-order chi connectivity index (χ1) is 7.83. The Bertz CT molecular complexity index is 577. The normalized spacial score (nSPS) is 13.0. The number of hydrogen-bond donors (Lipinski definition) is 1. The van der Waals surface area contributed by atoms with Gasteiger partial charge in [0.2, 0.25) is 11.6 Å². The summed E-state index contributed by atoms with van der Waals surface area (Å²) >= 11 is 4.99. The zero-order chi connectivity index (χ0) is 11.0. The number of nitrogens with zero attached hydrogens (tertiary/aromatic N) is 3. The van der Waals surface area contributed by atoms with E-state index in [9.17, 15) is 0 Å². The van der Waals surface area contributed by atoms with Crippen LogP contribution in [0.25, 0.3) is 0 Å². The SMILES string of the molecule is S=c1nn[nH]n1Cc1ccc2c(c1)OCO2. The van der Waals surface area contributed by atoms with E-state index in [1.165, 1.54) is 0 Å². The van der Waals surface area contributed by atoms with Crippen molar-refractivity contribution in [2.45, 2.75) is 6.54 Å². The number of hydrogen-bond acceptors (Lipinski definition) is 5. The molecule has 6 nitrogen and oxygen atoms in total. The van der Waals surface area contributed by atoms with Crippen molar-refractivity contribution in [3.8, 4) is 11.5 Å². The fraction of sp³-hybridized carbons (Fsp3) is 0.222. The molecule has 0 fully saturated rings. The van der Waals surface area contributed by atoms with Gasteiger partial charge >= 0.3 is 0 Å². The summed E-state index contributed by atoms with van der Waals surface area (Å²) < 4.78 is 12.6. The molecule has 3 rings (SSSR count). The molecule has 1 aromatic heterocycles. The summed E-state index contributed by atoms with van der Waals surface area (Å²) in [6.07, 6.45) is 0. The Morgan fingerprint density at radius 1 is 1.38 bits per heavy atom. The predicted molar refractivity (Wildman–Crippen MR) is 56.9 cm³/mol. The largest absolute Gasteiger partial charge is 0.454 e. The smallest absolute Gasteiger partial charge is 0.238 e. The van der Waals surface area contributed by atoms with E-state index in [0.717, 1.165) is 17.1 Å². The number of nitrogens with one attached hydrogen (secondary N) is 1. The zero-order valence-electron chi connectivity index (χ0n) is 8.21. The Morgan fingerprint density at radius 2 is 2.25 bits per heavy atom. The molecule has 16 heavy (non-hydrogen) atoms. The molecule has 0 unspecified atom stereocenters. The molecule has 0 spiro atoms. The number of fused-ring (bicyclic) bond motifs is 1. The lowest BCUT2D eigenvalue weighted by molar-refractivity contribution is 0.174. The van der Waals surface area contributed by atoms with Crippen LogP contribution in [0.2, 0.25) is 0 Å². The van der Waals surface area contributed by atoms with Crippen molar-refractivity contribution >= 4 is 12.2 Å². The van der Waals surface area contributed by atoms with Crippen LogP contribution in [-0.4, -0.2) is 27.0 Å². The average molecular weight is 236 g/mol. The first-order valence-electron chi connectivity index (χ1n) is 4.69. The maximum Gasteiger partial charge on any atom is 0.238 e. The van der Waals surface area contributed by atoms with Crippen LogP contribution in [0.15, 0.2) is 18.2 Å². The minimum absolute atomic E-state index is 0.282. The summed E-state index contributed by atoms with van der Waals surface area (Å²) in [7, 11) is 0. The highest BCUT2D eigenvalue weighted by Crippen LogP contribution is 2.32. The molecular formula is C9H8N4O2S. The van der Waals surface area contributed by atoms with Gasteiger partial charge < -0.3 is 9.47 Å². The molecular weight excluding hydrogens is 228 g/mol. The van der Waals surface area contributed by atoms with E-state index in [0.29, 0.717) is 11.3 Å². The van der Waals surface area contributed by atoms with Crippen molar-refractivity contribution in [2.75, 3.05) is 6.79 Å². The van der Waals surface area contributed by atoms with E-state index in [1.54, 1.807) is 4.68 Å². The molecule has 1 N–H and O–H groups in total. The molecule has 0 amide bonds. The summed E-state index contributed by atoms with van der Waals surface area (Å²) in [5.74, 6) is 1.53. The van der Waals surface area contributed by atoms with Crippen molar-refractivity contribution in [1.82, 2.24) is 20.2 Å². The Morgan fingerprint density at radius 3 is 3.06 bits per heavy atom. The van der Waals surface area contributed by atoms with Crippen LogP contribution in [0.1, 0.15) is 5.56 Å². The first kappa shape index (κ1) is 9.34. The molecule has 1 aliphatic rings. The number of tetrazole rings is 1. The average Bonchev–Trinajstić information content (AvgIpc) is 2.88. The molecule has 82 valence electrons. The van der Waals surface area contributed by atoms with E-state index in [-0.39, 0.29) is 6.79 Å². The number of aromatic nitrogens is 4. The van der Waals surface area contributed by atoms with Gasteiger partial charge in [0.1, 0.15) is 0 Å². The van der Waals surface area contributed by atoms with Crippen LogP contribution < -0.4 is 9.47 Å². The molecule has 0 bridgehead atoms. The summed E-state index contributed by atoms with van der Waals surface area (Å²) in [5.41, 5.74) is 1.05. The van der Waals surface area contributed by atoms with Crippen LogP contribution in [-0.2, 0) is 6.54 Å². The Hall–Kier alpha value is -1.89. The quantitative estimate of drug-likeness (QED) is 0.791. The molecule has 1 aromatic carbocycles. The van der Waals surface area contributed by atoms with E-state index in [2.05, 4.69) is 15.5 Å². The molecule has 2 aromatic rings. The maximum atomic E-state index is 5.29. The van der Waals surface area contributed by atoms with Gasteiger partial charge in [-0.3, -0.25) is 0 Å².